The number of carbonyl (C=O) groups is 1. The van der Waals surface area contributed by atoms with Gasteiger partial charge in [-0.25, -0.2) is 4.39 Å². The highest BCUT2D eigenvalue weighted by Gasteiger charge is 2.24. The summed E-state index contributed by atoms with van der Waals surface area (Å²) in [6.45, 7) is 1.22. The van der Waals surface area contributed by atoms with Crippen LogP contribution in [0.15, 0.2) is 84.9 Å². The lowest BCUT2D eigenvalue weighted by atomic mass is 9.89. The quantitative estimate of drug-likeness (QED) is 0.237. The molecule has 6 rings (SSSR count). The highest BCUT2D eigenvalue weighted by atomic mass is 35.5. The number of amides is 1. The molecular formula is C36H35ClFNO3. The second-order valence-corrected chi connectivity index (χ2v) is 11.8. The normalized spacial score (nSPS) is 16.1. The zero-order valence-electron chi connectivity index (χ0n) is 23.6. The Morgan fingerprint density at radius 1 is 0.857 bits per heavy atom. The zero-order chi connectivity index (χ0) is 29.1. The van der Waals surface area contributed by atoms with E-state index in [1.54, 1.807) is 4.90 Å². The van der Waals surface area contributed by atoms with Crippen molar-refractivity contribution in [2.45, 2.75) is 57.2 Å². The molecule has 4 nitrogen and oxygen atoms in total. The molecule has 0 radical (unpaired) electrons. The van der Waals surface area contributed by atoms with Crippen LogP contribution >= 0.6 is 11.6 Å². The molecule has 0 aromatic heterocycles. The maximum Gasteiger partial charge on any atom is 0.253 e. The van der Waals surface area contributed by atoms with Crippen LogP contribution in [-0.4, -0.2) is 35.1 Å². The van der Waals surface area contributed by atoms with Gasteiger partial charge in [0.2, 0.25) is 0 Å². The maximum atomic E-state index is 15.6. The van der Waals surface area contributed by atoms with Crippen molar-refractivity contribution in [1.29, 1.82) is 0 Å². The largest absolute Gasteiger partial charge is 0.489 e. The summed E-state index contributed by atoms with van der Waals surface area (Å²) in [4.78, 5) is 15.1. The van der Waals surface area contributed by atoms with E-state index in [0.29, 0.717) is 53.7 Å². The number of aliphatic hydroxyl groups is 1. The van der Waals surface area contributed by atoms with E-state index in [9.17, 15) is 9.90 Å². The van der Waals surface area contributed by atoms with Gasteiger partial charge in [-0.15, -0.1) is 0 Å². The van der Waals surface area contributed by atoms with E-state index in [0.717, 1.165) is 35.1 Å². The van der Waals surface area contributed by atoms with Gasteiger partial charge >= 0.3 is 0 Å². The van der Waals surface area contributed by atoms with Crippen LogP contribution in [0.3, 0.4) is 0 Å². The number of likely N-dealkylation sites (tertiary alicyclic amines) is 1. The zero-order valence-corrected chi connectivity index (χ0v) is 24.3. The third kappa shape index (κ3) is 6.23. The number of halogens is 2. The Morgan fingerprint density at radius 2 is 1.57 bits per heavy atom. The van der Waals surface area contributed by atoms with Gasteiger partial charge in [-0.2, -0.15) is 0 Å². The second kappa shape index (κ2) is 12.7. The molecule has 0 spiro atoms. The first-order valence-electron chi connectivity index (χ1n) is 14.8. The molecule has 1 saturated carbocycles. The summed E-state index contributed by atoms with van der Waals surface area (Å²) in [5.41, 5.74) is 6.01. The summed E-state index contributed by atoms with van der Waals surface area (Å²) in [5, 5.41) is 10.5. The molecule has 1 heterocycles. The molecule has 4 aromatic carbocycles. The van der Waals surface area contributed by atoms with Crippen LogP contribution in [0.1, 0.15) is 65.9 Å². The summed E-state index contributed by atoms with van der Waals surface area (Å²) in [6, 6.07) is 26.4. The highest BCUT2D eigenvalue weighted by Crippen LogP contribution is 2.40. The molecule has 216 valence electrons. The van der Waals surface area contributed by atoms with Gasteiger partial charge in [-0.05, 0) is 95.8 Å². The van der Waals surface area contributed by atoms with Gasteiger partial charge < -0.3 is 14.7 Å². The number of hydrogen-bond donors (Lipinski definition) is 1. The van der Waals surface area contributed by atoms with E-state index in [1.165, 1.54) is 24.5 Å². The van der Waals surface area contributed by atoms with E-state index < -0.39 is 0 Å². The molecule has 0 atom stereocenters. The van der Waals surface area contributed by atoms with Crippen LogP contribution in [0.2, 0.25) is 5.02 Å². The van der Waals surface area contributed by atoms with Gasteiger partial charge in [-0.3, -0.25) is 4.79 Å². The van der Waals surface area contributed by atoms with Gasteiger partial charge in [-0.1, -0.05) is 66.9 Å². The number of ether oxygens (including phenoxy) is 1. The predicted octanol–water partition coefficient (Wildman–Crippen LogP) is 8.65. The summed E-state index contributed by atoms with van der Waals surface area (Å²) in [5.74, 6) is 0.528. The van der Waals surface area contributed by atoms with Crippen molar-refractivity contribution in [3.63, 3.8) is 0 Å². The standard InChI is InChI=1S/C36H35ClFNO3/c37-28-12-9-25(10-13-28)31-15-11-26(36(41)39-19-17-29(40)18-20-39)21-27(31)23-42-30-14-16-34(35(38)22-30)33-8-4-3-7-32(33)24-5-1-2-6-24/h3-4,7-16,21-22,24,29,40H,1-2,5-6,17-20,23H2. The second-order valence-electron chi connectivity index (χ2n) is 11.4. The molecule has 2 aliphatic rings. The Balaban J connectivity index is 1.26. The molecule has 0 bridgehead atoms. The molecule has 6 heteroatoms. The van der Waals surface area contributed by atoms with Gasteiger partial charge in [0.15, 0.2) is 0 Å². The van der Waals surface area contributed by atoms with E-state index in [4.69, 9.17) is 16.3 Å². The molecule has 1 aliphatic carbocycles. The molecular weight excluding hydrogens is 549 g/mol. The minimum atomic E-state index is -0.353. The Hall–Kier alpha value is -3.67. The minimum Gasteiger partial charge on any atom is -0.489 e. The fourth-order valence-electron chi connectivity index (χ4n) is 6.31. The van der Waals surface area contributed by atoms with Crippen molar-refractivity contribution in [3.8, 4) is 28.0 Å². The molecule has 2 fully saturated rings. The molecule has 1 N–H and O–H groups in total. The number of aliphatic hydroxyl groups excluding tert-OH is 1. The Bertz CT molecular complexity index is 1560. The lowest BCUT2D eigenvalue weighted by Gasteiger charge is -2.29. The predicted molar refractivity (Wildman–Crippen MR) is 165 cm³/mol. The van der Waals surface area contributed by atoms with Gasteiger partial charge in [0.25, 0.3) is 5.91 Å². The Labute approximate surface area is 251 Å². The monoisotopic (exact) mass is 583 g/mol. The van der Waals surface area contributed by atoms with Gasteiger partial charge in [0.1, 0.15) is 18.2 Å². The molecule has 1 amide bonds. The first kappa shape index (κ1) is 28.4. The van der Waals surface area contributed by atoms with Crippen LogP contribution in [0.5, 0.6) is 5.75 Å². The fraction of sp³-hybridized carbons (Fsp3) is 0.306. The Morgan fingerprint density at radius 3 is 2.31 bits per heavy atom. The van der Waals surface area contributed by atoms with Gasteiger partial charge in [0.05, 0.1) is 6.10 Å². The van der Waals surface area contributed by atoms with Crippen molar-refractivity contribution >= 4 is 17.5 Å². The maximum absolute atomic E-state index is 15.6. The molecule has 1 aliphatic heterocycles. The number of piperidine rings is 1. The van der Waals surface area contributed by atoms with E-state index in [2.05, 4.69) is 6.07 Å². The van der Waals surface area contributed by atoms with Crippen LogP contribution in [0, 0.1) is 5.82 Å². The third-order valence-corrected chi connectivity index (χ3v) is 8.89. The number of benzene rings is 4. The summed E-state index contributed by atoms with van der Waals surface area (Å²) in [6.07, 6.45) is 5.55. The van der Waals surface area contributed by atoms with Crippen molar-refractivity contribution in [2.75, 3.05) is 13.1 Å². The number of carbonyl (C=O) groups excluding carboxylic acids is 1. The van der Waals surface area contributed by atoms with Gasteiger partial charge in [0, 0.05) is 35.3 Å². The molecule has 1 saturated heterocycles. The van der Waals surface area contributed by atoms with Crippen LogP contribution in [0.4, 0.5) is 4.39 Å². The number of rotatable bonds is 7. The third-order valence-electron chi connectivity index (χ3n) is 8.64. The van der Waals surface area contributed by atoms with E-state index in [1.807, 2.05) is 72.8 Å². The summed E-state index contributed by atoms with van der Waals surface area (Å²) < 4.78 is 21.7. The first-order chi connectivity index (χ1) is 20.5. The first-order valence-corrected chi connectivity index (χ1v) is 15.2. The van der Waals surface area contributed by atoms with Crippen LogP contribution < -0.4 is 4.74 Å². The average molecular weight is 584 g/mol. The Kier molecular flexibility index (Phi) is 8.59. The summed E-state index contributed by atoms with van der Waals surface area (Å²) >= 11 is 6.13. The topological polar surface area (TPSA) is 49.8 Å². The lowest BCUT2D eigenvalue weighted by molar-refractivity contribution is 0.0546. The number of nitrogens with zero attached hydrogens (tertiary/aromatic N) is 1. The van der Waals surface area contributed by atoms with Crippen LogP contribution in [0.25, 0.3) is 22.3 Å². The molecule has 4 aromatic rings. The number of hydrogen-bond acceptors (Lipinski definition) is 3. The van der Waals surface area contributed by atoms with Crippen molar-refractivity contribution in [2.24, 2.45) is 0 Å². The van der Waals surface area contributed by atoms with Crippen molar-refractivity contribution < 1.29 is 19.0 Å². The molecule has 42 heavy (non-hydrogen) atoms. The van der Waals surface area contributed by atoms with Crippen molar-refractivity contribution in [1.82, 2.24) is 4.90 Å². The van der Waals surface area contributed by atoms with Crippen molar-refractivity contribution in [3.05, 3.63) is 112 Å². The summed E-state index contributed by atoms with van der Waals surface area (Å²) in [7, 11) is 0. The average Bonchev–Trinajstić information content (AvgIpc) is 3.56. The highest BCUT2D eigenvalue weighted by molar-refractivity contribution is 6.30. The van der Waals surface area contributed by atoms with Crippen LogP contribution in [-0.2, 0) is 6.61 Å². The molecule has 0 unspecified atom stereocenters. The minimum absolute atomic E-state index is 0.0675. The fourth-order valence-corrected chi connectivity index (χ4v) is 6.43. The SMILES string of the molecule is O=C(c1ccc(-c2ccc(Cl)cc2)c(COc2ccc(-c3ccccc3C3CCCC3)c(F)c2)c1)N1CCC(O)CC1. The smallest absolute Gasteiger partial charge is 0.253 e. The lowest BCUT2D eigenvalue weighted by Crippen LogP contribution is -2.40. The van der Waals surface area contributed by atoms with E-state index in [-0.39, 0.29) is 24.4 Å². The van der Waals surface area contributed by atoms with E-state index >= 15 is 4.39 Å².